The van der Waals surface area contributed by atoms with Gasteiger partial charge in [-0.3, -0.25) is 0 Å². The lowest BCUT2D eigenvalue weighted by molar-refractivity contribution is 0.355. The van der Waals surface area contributed by atoms with Crippen molar-refractivity contribution in [1.29, 1.82) is 0 Å². The largest absolute Gasteiger partial charge is 0.493 e. The number of nitrogens with zero attached hydrogens (tertiary/aromatic N) is 4. The van der Waals surface area contributed by atoms with Gasteiger partial charge in [-0.2, -0.15) is 15.4 Å². The standard InChI is InChI=1S/C14H15N5O3S/c1-20-11-4-3-9(7-12(11)21-2)13-17-18-14(22-13)23-6-5-10-8-15-19-16-10/h3-4,7-8H,5-6H2,1-2H3,(H,15,16,19). The maximum Gasteiger partial charge on any atom is 0.276 e. The van der Waals surface area contributed by atoms with Crippen LogP contribution in [0.15, 0.2) is 34.0 Å². The normalized spacial score (nSPS) is 10.7. The van der Waals surface area contributed by atoms with E-state index in [1.54, 1.807) is 32.5 Å². The first-order chi connectivity index (χ1) is 11.3. The number of methoxy groups -OCH3 is 2. The zero-order chi connectivity index (χ0) is 16.1. The zero-order valence-electron chi connectivity index (χ0n) is 12.6. The van der Waals surface area contributed by atoms with Crippen LogP contribution < -0.4 is 9.47 Å². The van der Waals surface area contributed by atoms with E-state index in [4.69, 9.17) is 13.9 Å². The van der Waals surface area contributed by atoms with Crippen LogP contribution in [0.4, 0.5) is 0 Å². The summed E-state index contributed by atoms with van der Waals surface area (Å²) >= 11 is 1.47. The summed E-state index contributed by atoms with van der Waals surface area (Å²) in [5.74, 6) is 2.48. The first-order valence-corrected chi connectivity index (χ1v) is 7.82. The number of hydrogen-bond donors (Lipinski definition) is 1. The van der Waals surface area contributed by atoms with Gasteiger partial charge in [0.2, 0.25) is 5.89 Å². The summed E-state index contributed by atoms with van der Waals surface area (Å²) in [6.07, 6.45) is 2.47. The second-order valence-corrected chi connectivity index (χ2v) is 5.55. The van der Waals surface area contributed by atoms with Crippen molar-refractivity contribution in [3.63, 3.8) is 0 Å². The Hall–Kier alpha value is -2.55. The van der Waals surface area contributed by atoms with E-state index in [0.717, 1.165) is 23.4 Å². The molecule has 0 saturated heterocycles. The molecule has 9 heteroatoms. The van der Waals surface area contributed by atoms with Crippen molar-refractivity contribution in [2.24, 2.45) is 0 Å². The van der Waals surface area contributed by atoms with Crippen molar-refractivity contribution >= 4 is 11.8 Å². The third-order valence-electron chi connectivity index (χ3n) is 3.09. The van der Waals surface area contributed by atoms with Gasteiger partial charge in [0.15, 0.2) is 11.5 Å². The van der Waals surface area contributed by atoms with Crippen LogP contribution >= 0.6 is 11.8 Å². The second kappa shape index (κ2) is 7.14. The molecule has 120 valence electrons. The molecule has 1 aromatic carbocycles. The second-order valence-electron chi connectivity index (χ2n) is 4.50. The molecule has 0 saturated carbocycles. The molecule has 0 fully saturated rings. The molecule has 0 aliphatic carbocycles. The van der Waals surface area contributed by atoms with E-state index in [1.165, 1.54) is 11.8 Å². The first-order valence-electron chi connectivity index (χ1n) is 6.83. The molecule has 3 rings (SSSR count). The Morgan fingerprint density at radius 3 is 2.78 bits per heavy atom. The van der Waals surface area contributed by atoms with Gasteiger partial charge < -0.3 is 13.9 Å². The molecule has 3 aromatic rings. The van der Waals surface area contributed by atoms with Crippen LogP contribution in [0.5, 0.6) is 11.5 Å². The molecule has 0 spiro atoms. The van der Waals surface area contributed by atoms with Gasteiger partial charge in [-0.1, -0.05) is 11.8 Å². The summed E-state index contributed by atoms with van der Waals surface area (Å²) in [6, 6.07) is 5.45. The van der Waals surface area contributed by atoms with Crippen LogP contribution in [0.2, 0.25) is 0 Å². The number of hydrogen-bond acceptors (Lipinski definition) is 8. The number of rotatable bonds is 7. The molecule has 0 bridgehead atoms. The van der Waals surface area contributed by atoms with Crippen molar-refractivity contribution < 1.29 is 13.9 Å². The summed E-state index contributed by atoms with van der Waals surface area (Å²) < 4.78 is 16.1. The highest BCUT2D eigenvalue weighted by molar-refractivity contribution is 7.99. The van der Waals surface area contributed by atoms with Gasteiger partial charge in [-0.05, 0) is 18.2 Å². The highest BCUT2D eigenvalue weighted by Crippen LogP contribution is 2.32. The molecular formula is C14H15N5O3S. The Bertz CT molecular complexity index is 760. The highest BCUT2D eigenvalue weighted by Gasteiger charge is 2.12. The highest BCUT2D eigenvalue weighted by atomic mass is 32.2. The summed E-state index contributed by atoms with van der Waals surface area (Å²) in [5, 5.41) is 19.0. The van der Waals surface area contributed by atoms with E-state index >= 15 is 0 Å². The zero-order valence-corrected chi connectivity index (χ0v) is 13.5. The van der Waals surface area contributed by atoms with E-state index in [-0.39, 0.29) is 0 Å². The number of benzene rings is 1. The lowest BCUT2D eigenvalue weighted by atomic mass is 10.2. The quantitative estimate of drug-likeness (QED) is 0.657. The predicted molar refractivity (Wildman–Crippen MR) is 83.6 cm³/mol. The predicted octanol–water partition coefficient (Wildman–Crippen LogP) is 2.21. The Balaban J connectivity index is 1.66. The monoisotopic (exact) mass is 333 g/mol. The molecule has 2 aromatic heterocycles. The minimum atomic E-state index is 0.440. The van der Waals surface area contributed by atoms with Gasteiger partial charge in [0.1, 0.15) is 0 Å². The first kappa shape index (κ1) is 15.3. The number of H-pyrrole nitrogens is 1. The molecule has 0 amide bonds. The molecule has 23 heavy (non-hydrogen) atoms. The third-order valence-corrected chi connectivity index (χ3v) is 3.91. The minimum absolute atomic E-state index is 0.440. The molecule has 0 radical (unpaired) electrons. The van der Waals surface area contributed by atoms with Gasteiger partial charge in [0, 0.05) is 17.7 Å². The number of aromatic nitrogens is 5. The number of aromatic amines is 1. The molecule has 2 heterocycles. The lowest BCUT2D eigenvalue weighted by Gasteiger charge is -2.07. The fourth-order valence-corrected chi connectivity index (χ4v) is 2.66. The Kier molecular flexibility index (Phi) is 4.77. The summed E-state index contributed by atoms with van der Waals surface area (Å²) in [5.41, 5.74) is 1.68. The number of aryl methyl sites for hydroxylation is 1. The summed E-state index contributed by atoms with van der Waals surface area (Å²) in [7, 11) is 3.18. The van der Waals surface area contributed by atoms with Crippen molar-refractivity contribution in [2.75, 3.05) is 20.0 Å². The van der Waals surface area contributed by atoms with Crippen LogP contribution in [0.1, 0.15) is 5.69 Å². The molecule has 8 nitrogen and oxygen atoms in total. The molecule has 1 N–H and O–H groups in total. The molecule has 0 aliphatic rings. The molecule has 0 aliphatic heterocycles. The smallest absolute Gasteiger partial charge is 0.276 e. The lowest BCUT2D eigenvalue weighted by Crippen LogP contribution is -1.90. The number of ether oxygens (including phenoxy) is 2. The summed E-state index contributed by atoms with van der Waals surface area (Å²) in [4.78, 5) is 0. The van der Waals surface area contributed by atoms with Crippen molar-refractivity contribution in [1.82, 2.24) is 25.6 Å². The van der Waals surface area contributed by atoms with Gasteiger partial charge in [-0.25, -0.2) is 0 Å². The Morgan fingerprint density at radius 1 is 1.17 bits per heavy atom. The van der Waals surface area contributed by atoms with E-state index < -0.39 is 0 Å². The average Bonchev–Trinajstić information content (AvgIpc) is 3.26. The Labute approximate surface area is 136 Å². The van der Waals surface area contributed by atoms with Crippen LogP contribution in [0.25, 0.3) is 11.5 Å². The third kappa shape index (κ3) is 3.62. The van der Waals surface area contributed by atoms with Crippen LogP contribution in [0.3, 0.4) is 0 Å². The Morgan fingerprint density at radius 2 is 2.04 bits per heavy atom. The van der Waals surface area contributed by atoms with E-state index in [0.29, 0.717) is 22.6 Å². The number of nitrogens with one attached hydrogen (secondary N) is 1. The minimum Gasteiger partial charge on any atom is -0.493 e. The van der Waals surface area contributed by atoms with Gasteiger partial charge in [-0.15, -0.1) is 10.2 Å². The van der Waals surface area contributed by atoms with Crippen molar-refractivity contribution in [2.45, 2.75) is 11.6 Å². The molecule has 0 unspecified atom stereocenters. The average molecular weight is 333 g/mol. The summed E-state index contributed by atoms with van der Waals surface area (Å²) in [6.45, 7) is 0. The fourth-order valence-electron chi connectivity index (χ4n) is 1.94. The van der Waals surface area contributed by atoms with Gasteiger partial charge in [0.25, 0.3) is 5.22 Å². The maximum atomic E-state index is 5.66. The van der Waals surface area contributed by atoms with Gasteiger partial charge in [0.05, 0.1) is 26.1 Å². The molecular weight excluding hydrogens is 318 g/mol. The topological polar surface area (TPSA) is 99.0 Å². The van der Waals surface area contributed by atoms with Crippen LogP contribution in [0, 0.1) is 0 Å². The van der Waals surface area contributed by atoms with Gasteiger partial charge >= 0.3 is 0 Å². The fraction of sp³-hybridized carbons (Fsp3) is 0.286. The maximum absolute atomic E-state index is 5.66. The molecule has 0 atom stereocenters. The van der Waals surface area contributed by atoms with E-state index in [2.05, 4.69) is 25.6 Å². The van der Waals surface area contributed by atoms with Crippen molar-refractivity contribution in [3.05, 3.63) is 30.1 Å². The van der Waals surface area contributed by atoms with Crippen LogP contribution in [-0.2, 0) is 6.42 Å². The van der Waals surface area contributed by atoms with Crippen LogP contribution in [-0.4, -0.2) is 45.6 Å². The van der Waals surface area contributed by atoms with Crippen molar-refractivity contribution in [3.8, 4) is 23.0 Å². The van der Waals surface area contributed by atoms with E-state index in [1.807, 2.05) is 6.07 Å². The SMILES string of the molecule is COc1ccc(-c2nnc(SCCc3cn[nH]n3)o2)cc1OC. The number of thioether (sulfide) groups is 1. The van der Waals surface area contributed by atoms with E-state index in [9.17, 15) is 0 Å².